The van der Waals surface area contributed by atoms with Crippen LogP contribution in [0.4, 0.5) is 0 Å². The second kappa shape index (κ2) is 6.89. The first-order valence-corrected chi connectivity index (χ1v) is 7.67. The Hall–Kier alpha value is -1.35. The second-order valence-electron chi connectivity index (χ2n) is 5.83. The molecule has 1 unspecified atom stereocenters. The van der Waals surface area contributed by atoms with Gasteiger partial charge in [0.25, 0.3) is 0 Å². The molecule has 0 spiro atoms. The molecule has 1 atom stereocenters. The van der Waals surface area contributed by atoms with Gasteiger partial charge in [0.1, 0.15) is 0 Å². The van der Waals surface area contributed by atoms with Crippen LogP contribution in [0.5, 0.6) is 0 Å². The van der Waals surface area contributed by atoms with Crippen LogP contribution in [0.2, 0.25) is 0 Å². The predicted molar refractivity (Wildman–Crippen MR) is 80.5 cm³/mol. The van der Waals surface area contributed by atoms with Crippen molar-refractivity contribution in [3.8, 4) is 0 Å². The van der Waals surface area contributed by atoms with Gasteiger partial charge >= 0.3 is 0 Å². The molecule has 0 heterocycles. The highest BCUT2D eigenvalue weighted by atomic mass is 16.3. The molecule has 0 radical (unpaired) electrons. The Labute approximate surface area is 121 Å². The fourth-order valence-corrected chi connectivity index (χ4v) is 2.87. The lowest BCUT2D eigenvalue weighted by molar-refractivity contribution is -0.123. The van der Waals surface area contributed by atoms with Crippen molar-refractivity contribution in [2.24, 2.45) is 5.92 Å². The van der Waals surface area contributed by atoms with Crippen molar-refractivity contribution in [2.45, 2.75) is 44.4 Å². The van der Waals surface area contributed by atoms with Gasteiger partial charge in [-0.15, -0.1) is 0 Å². The van der Waals surface area contributed by atoms with E-state index >= 15 is 0 Å². The quantitative estimate of drug-likeness (QED) is 0.766. The molecule has 0 aromatic heterocycles. The highest BCUT2D eigenvalue weighted by molar-refractivity contribution is 5.91. The van der Waals surface area contributed by atoms with Gasteiger partial charge in [-0.05, 0) is 37.2 Å². The molecule has 110 valence electrons. The summed E-state index contributed by atoms with van der Waals surface area (Å²) in [6.45, 7) is 3.02. The third kappa shape index (κ3) is 3.40. The number of hydrogen-bond acceptors (Lipinski definition) is 2. The van der Waals surface area contributed by atoms with Crippen LogP contribution in [0.25, 0.3) is 0 Å². The van der Waals surface area contributed by atoms with Crippen molar-refractivity contribution in [1.82, 2.24) is 5.32 Å². The van der Waals surface area contributed by atoms with E-state index in [-0.39, 0.29) is 17.9 Å². The summed E-state index contributed by atoms with van der Waals surface area (Å²) in [5, 5.41) is 12.2. The molecule has 20 heavy (non-hydrogen) atoms. The van der Waals surface area contributed by atoms with E-state index in [1.165, 1.54) is 0 Å². The normalized spacial score (nSPS) is 17.5. The van der Waals surface area contributed by atoms with Crippen molar-refractivity contribution in [1.29, 1.82) is 0 Å². The van der Waals surface area contributed by atoms with Crippen molar-refractivity contribution in [3.63, 3.8) is 0 Å². The molecule has 1 aromatic carbocycles. The maximum Gasteiger partial charge on any atom is 0.230 e. The molecule has 1 aliphatic rings. The van der Waals surface area contributed by atoms with E-state index in [4.69, 9.17) is 5.11 Å². The first-order valence-electron chi connectivity index (χ1n) is 7.67. The summed E-state index contributed by atoms with van der Waals surface area (Å²) in [6.07, 6.45) is 4.80. The number of rotatable bonds is 8. The minimum atomic E-state index is -0.281. The Morgan fingerprint density at radius 3 is 2.55 bits per heavy atom. The Balaban J connectivity index is 1.92. The SMILES string of the molecule is CCCC(CCO)CNC(=O)C1(c2ccccc2)CC1. The zero-order valence-electron chi connectivity index (χ0n) is 12.3. The maximum atomic E-state index is 12.5. The minimum Gasteiger partial charge on any atom is -0.396 e. The molecule has 1 saturated carbocycles. The first-order chi connectivity index (χ1) is 9.73. The number of hydrogen-bond donors (Lipinski definition) is 2. The molecular formula is C17H25NO2. The topological polar surface area (TPSA) is 49.3 Å². The molecular weight excluding hydrogens is 250 g/mol. The summed E-state index contributed by atoms with van der Waals surface area (Å²) >= 11 is 0. The zero-order valence-corrected chi connectivity index (χ0v) is 12.3. The van der Waals surface area contributed by atoms with Crippen LogP contribution >= 0.6 is 0 Å². The van der Waals surface area contributed by atoms with Crippen LogP contribution in [0.1, 0.15) is 44.6 Å². The van der Waals surface area contributed by atoms with E-state index in [0.29, 0.717) is 12.5 Å². The Morgan fingerprint density at radius 2 is 2.00 bits per heavy atom. The lowest BCUT2D eigenvalue weighted by Gasteiger charge is -2.20. The number of amides is 1. The molecule has 2 rings (SSSR count). The molecule has 0 aliphatic heterocycles. The number of aliphatic hydroxyl groups excluding tert-OH is 1. The van der Waals surface area contributed by atoms with Crippen molar-refractivity contribution >= 4 is 5.91 Å². The fraction of sp³-hybridized carbons (Fsp3) is 0.588. The Morgan fingerprint density at radius 1 is 1.30 bits per heavy atom. The summed E-state index contributed by atoms with van der Waals surface area (Å²) in [7, 11) is 0. The van der Waals surface area contributed by atoms with Crippen LogP contribution in [-0.4, -0.2) is 24.2 Å². The average Bonchev–Trinajstić information content (AvgIpc) is 3.27. The number of aliphatic hydroxyl groups is 1. The largest absolute Gasteiger partial charge is 0.396 e. The number of carbonyl (C=O) groups excluding carboxylic acids is 1. The van der Waals surface area contributed by atoms with Gasteiger partial charge in [-0.1, -0.05) is 43.7 Å². The van der Waals surface area contributed by atoms with Gasteiger partial charge in [0.05, 0.1) is 5.41 Å². The summed E-state index contributed by atoms with van der Waals surface area (Å²) < 4.78 is 0. The van der Waals surface area contributed by atoms with Gasteiger partial charge in [0.2, 0.25) is 5.91 Å². The molecule has 3 heteroatoms. The lowest BCUT2D eigenvalue weighted by atomic mass is 9.94. The highest BCUT2D eigenvalue weighted by Crippen LogP contribution is 2.48. The molecule has 0 bridgehead atoms. The van der Waals surface area contributed by atoms with Crippen molar-refractivity contribution < 1.29 is 9.90 Å². The minimum absolute atomic E-state index is 0.155. The van der Waals surface area contributed by atoms with E-state index in [1.807, 2.05) is 30.3 Å². The van der Waals surface area contributed by atoms with E-state index in [9.17, 15) is 4.79 Å². The number of nitrogens with one attached hydrogen (secondary N) is 1. The van der Waals surface area contributed by atoms with Crippen molar-refractivity contribution in [3.05, 3.63) is 35.9 Å². The Kier molecular flexibility index (Phi) is 5.18. The van der Waals surface area contributed by atoms with Gasteiger partial charge in [-0.25, -0.2) is 0 Å². The molecule has 0 saturated heterocycles. The van der Waals surface area contributed by atoms with Crippen LogP contribution in [-0.2, 0) is 10.2 Å². The molecule has 3 nitrogen and oxygen atoms in total. The van der Waals surface area contributed by atoms with Crippen LogP contribution < -0.4 is 5.32 Å². The predicted octanol–water partition coefficient (Wildman–Crippen LogP) is 2.63. The summed E-state index contributed by atoms with van der Waals surface area (Å²) in [6, 6.07) is 10.1. The summed E-state index contributed by atoms with van der Waals surface area (Å²) in [4.78, 5) is 12.5. The average molecular weight is 275 g/mol. The zero-order chi connectivity index (χ0) is 14.4. The van der Waals surface area contributed by atoms with E-state index < -0.39 is 0 Å². The van der Waals surface area contributed by atoms with Gasteiger partial charge in [-0.3, -0.25) is 4.79 Å². The van der Waals surface area contributed by atoms with Crippen LogP contribution in [0, 0.1) is 5.92 Å². The van der Waals surface area contributed by atoms with Gasteiger partial charge in [0, 0.05) is 13.2 Å². The first kappa shape index (κ1) is 15.0. The molecule has 1 aliphatic carbocycles. The Bertz CT molecular complexity index is 420. The van der Waals surface area contributed by atoms with E-state index in [0.717, 1.165) is 37.7 Å². The fourth-order valence-electron chi connectivity index (χ4n) is 2.87. The van der Waals surface area contributed by atoms with E-state index in [2.05, 4.69) is 12.2 Å². The highest BCUT2D eigenvalue weighted by Gasteiger charge is 2.50. The summed E-state index contributed by atoms with van der Waals surface area (Å²) in [5.74, 6) is 0.545. The van der Waals surface area contributed by atoms with Crippen molar-refractivity contribution in [2.75, 3.05) is 13.2 Å². The molecule has 1 fully saturated rings. The molecule has 1 amide bonds. The van der Waals surface area contributed by atoms with Gasteiger partial charge in [-0.2, -0.15) is 0 Å². The van der Waals surface area contributed by atoms with Gasteiger partial charge < -0.3 is 10.4 Å². The number of benzene rings is 1. The van der Waals surface area contributed by atoms with E-state index in [1.54, 1.807) is 0 Å². The summed E-state index contributed by atoms with van der Waals surface area (Å²) in [5.41, 5.74) is 0.851. The standard InChI is InChI=1S/C17H25NO2/c1-2-6-14(9-12-19)13-18-16(20)17(10-11-17)15-7-4-3-5-8-15/h3-5,7-8,14,19H,2,6,9-13H2,1H3,(H,18,20). The lowest BCUT2D eigenvalue weighted by Crippen LogP contribution is -2.37. The number of carbonyl (C=O) groups is 1. The maximum absolute atomic E-state index is 12.5. The second-order valence-corrected chi connectivity index (χ2v) is 5.83. The third-order valence-electron chi connectivity index (χ3n) is 4.30. The van der Waals surface area contributed by atoms with Gasteiger partial charge in [0.15, 0.2) is 0 Å². The van der Waals surface area contributed by atoms with Crippen LogP contribution in [0.3, 0.4) is 0 Å². The molecule has 1 aromatic rings. The third-order valence-corrected chi connectivity index (χ3v) is 4.30. The monoisotopic (exact) mass is 275 g/mol. The molecule has 2 N–H and O–H groups in total. The van der Waals surface area contributed by atoms with Crippen LogP contribution in [0.15, 0.2) is 30.3 Å². The smallest absolute Gasteiger partial charge is 0.230 e.